The molecular weight excluding hydrogens is 385 g/mol. The van der Waals surface area contributed by atoms with Crippen LogP contribution in [-0.4, -0.2) is 35.6 Å². The maximum atomic E-state index is 13.1. The van der Waals surface area contributed by atoms with E-state index in [0.717, 1.165) is 47.4 Å². The molecule has 0 radical (unpaired) electrons. The number of hydrogen-bond donors (Lipinski definition) is 2. The monoisotopic (exact) mass is 409 g/mol. The highest BCUT2D eigenvalue weighted by Crippen LogP contribution is 2.32. The molecule has 2 heterocycles. The summed E-state index contributed by atoms with van der Waals surface area (Å²) in [6.07, 6.45) is 2.62. The normalized spacial score (nSPS) is 12.8. The third-order valence-corrected chi connectivity index (χ3v) is 4.61. The molecule has 156 valence electrons. The first-order valence-electron chi connectivity index (χ1n) is 9.92. The van der Waals surface area contributed by atoms with Gasteiger partial charge in [0.05, 0.1) is 17.9 Å². The van der Waals surface area contributed by atoms with E-state index < -0.39 is 0 Å². The van der Waals surface area contributed by atoms with E-state index in [1.54, 1.807) is 16.8 Å². The zero-order valence-electron chi connectivity index (χ0n) is 16.8. The van der Waals surface area contributed by atoms with Crippen LogP contribution in [0.25, 0.3) is 5.69 Å². The van der Waals surface area contributed by atoms with Gasteiger partial charge in [0, 0.05) is 25.7 Å². The standard InChI is InChI=1S/C22H24FN5O2/c1-2-24-22(26-14-16-3-8-20-21(13-16)30-15-29-20)25-11-9-18-10-12-28(27-18)19-6-4-17(23)5-7-19/h3-8,10,12-13H,2,9,11,14-15H2,1H3,(H2,24,25,26). The van der Waals surface area contributed by atoms with Crippen molar-refractivity contribution < 1.29 is 13.9 Å². The predicted octanol–water partition coefficient (Wildman–Crippen LogP) is 3.04. The maximum absolute atomic E-state index is 13.1. The second-order valence-corrected chi connectivity index (χ2v) is 6.79. The number of guanidine groups is 1. The topological polar surface area (TPSA) is 72.7 Å². The number of rotatable bonds is 7. The van der Waals surface area contributed by atoms with Crippen LogP contribution < -0.4 is 20.1 Å². The Hall–Kier alpha value is -3.55. The molecule has 3 aromatic rings. The lowest BCUT2D eigenvalue weighted by atomic mass is 10.2. The van der Waals surface area contributed by atoms with Crippen molar-refractivity contribution in [2.75, 3.05) is 19.9 Å². The van der Waals surface area contributed by atoms with Crippen molar-refractivity contribution in [2.24, 2.45) is 4.99 Å². The van der Waals surface area contributed by atoms with Crippen LogP contribution in [0.3, 0.4) is 0 Å². The third-order valence-electron chi connectivity index (χ3n) is 4.61. The van der Waals surface area contributed by atoms with E-state index in [4.69, 9.17) is 9.47 Å². The fraction of sp³-hybridized carbons (Fsp3) is 0.273. The minimum Gasteiger partial charge on any atom is -0.454 e. The Kier molecular flexibility index (Phi) is 6.12. The summed E-state index contributed by atoms with van der Waals surface area (Å²) in [5.74, 6) is 2.02. The summed E-state index contributed by atoms with van der Waals surface area (Å²) in [5, 5.41) is 11.1. The van der Waals surface area contributed by atoms with Crippen molar-refractivity contribution in [3.05, 3.63) is 71.8 Å². The first-order chi connectivity index (χ1) is 14.7. The Morgan fingerprint density at radius 2 is 1.93 bits per heavy atom. The van der Waals surface area contributed by atoms with Crippen LogP contribution >= 0.6 is 0 Å². The van der Waals surface area contributed by atoms with Crippen molar-refractivity contribution in [3.8, 4) is 17.2 Å². The Morgan fingerprint density at radius 3 is 2.77 bits per heavy atom. The number of aromatic nitrogens is 2. The van der Waals surface area contributed by atoms with Crippen molar-refractivity contribution in [3.63, 3.8) is 0 Å². The Morgan fingerprint density at radius 1 is 1.10 bits per heavy atom. The van der Waals surface area contributed by atoms with E-state index in [-0.39, 0.29) is 12.6 Å². The molecule has 0 saturated heterocycles. The molecule has 0 aliphatic carbocycles. The van der Waals surface area contributed by atoms with Gasteiger partial charge in [-0.15, -0.1) is 0 Å². The number of halogens is 1. The molecule has 0 amide bonds. The van der Waals surface area contributed by atoms with Gasteiger partial charge in [-0.3, -0.25) is 0 Å². The summed E-state index contributed by atoms with van der Waals surface area (Å²) in [4.78, 5) is 4.64. The van der Waals surface area contributed by atoms with Crippen LogP contribution in [0.15, 0.2) is 59.7 Å². The third kappa shape index (κ3) is 4.89. The van der Waals surface area contributed by atoms with Gasteiger partial charge in [0.1, 0.15) is 5.82 Å². The fourth-order valence-electron chi connectivity index (χ4n) is 3.09. The highest BCUT2D eigenvalue weighted by Gasteiger charge is 2.13. The average Bonchev–Trinajstić information content (AvgIpc) is 3.41. The summed E-state index contributed by atoms with van der Waals surface area (Å²) in [7, 11) is 0. The first kappa shape index (κ1) is 19.8. The van der Waals surface area contributed by atoms with Crippen molar-refractivity contribution in [1.29, 1.82) is 0 Å². The molecule has 0 saturated carbocycles. The molecule has 8 heteroatoms. The quantitative estimate of drug-likeness (QED) is 0.464. The molecule has 0 unspecified atom stereocenters. The lowest BCUT2D eigenvalue weighted by Gasteiger charge is -2.11. The largest absolute Gasteiger partial charge is 0.454 e. The molecule has 0 bridgehead atoms. The number of hydrogen-bond acceptors (Lipinski definition) is 4. The Balaban J connectivity index is 1.32. The Labute approximate surface area is 174 Å². The van der Waals surface area contributed by atoms with Crippen LogP contribution in [-0.2, 0) is 13.0 Å². The summed E-state index contributed by atoms with van der Waals surface area (Å²) in [5.41, 5.74) is 2.82. The van der Waals surface area contributed by atoms with E-state index in [1.807, 2.05) is 37.4 Å². The van der Waals surface area contributed by atoms with Gasteiger partial charge in [-0.25, -0.2) is 14.1 Å². The lowest BCUT2D eigenvalue weighted by molar-refractivity contribution is 0.174. The number of benzene rings is 2. The number of fused-ring (bicyclic) bond motifs is 1. The van der Waals surface area contributed by atoms with Gasteiger partial charge in [-0.1, -0.05) is 6.07 Å². The van der Waals surface area contributed by atoms with Crippen molar-refractivity contribution in [1.82, 2.24) is 20.4 Å². The highest BCUT2D eigenvalue weighted by molar-refractivity contribution is 5.79. The first-order valence-corrected chi connectivity index (χ1v) is 9.92. The van der Waals surface area contributed by atoms with Gasteiger partial charge in [0.15, 0.2) is 17.5 Å². The molecule has 0 fully saturated rings. The van der Waals surface area contributed by atoms with Crippen LogP contribution in [0.4, 0.5) is 4.39 Å². The van der Waals surface area contributed by atoms with E-state index in [0.29, 0.717) is 13.1 Å². The minimum atomic E-state index is -0.258. The van der Waals surface area contributed by atoms with E-state index >= 15 is 0 Å². The number of aliphatic imine (C=N–C) groups is 1. The smallest absolute Gasteiger partial charge is 0.231 e. The van der Waals surface area contributed by atoms with Crippen LogP contribution in [0, 0.1) is 5.82 Å². The molecule has 1 aromatic heterocycles. The molecular formula is C22H24FN5O2. The van der Waals surface area contributed by atoms with Crippen molar-refractivity contribution in [2.45, 2.75) is 19.9 Å². The average molecular weight is 409 g/mol. The summed E-state index contributed by atoms with van der Waals surface area (Å²) < 4.78 is 25.6. The van der Waals surface area contributed by atoms with E-state index in [2.05, 4.69) is 20.7 Å². The zero-order chi connectivity index (χ0) is 20.8. The van der Waals surface area contributed by atoms with Gasteiger partial charge >= 0.3 is 0 Å². The highest BCUT2D eigenvalue weighted by atomic mass is 19.1. The van der Waals surface area contributed by atoms with Gasteiger partial charge in [0.2, 0.25) is 6.79 Å². The van der Waals surface area contributed by atoms with Gasteiger partial charge in [-0.2, -0.15) is 5.10 Å². The molecule has 2 aromatic carbocycles. The summed E-state index contributed by atoms with van der Waals surface area (Å²) in [6.45, 7) is 4.29. The van der Waals surface area contributed by atoms with Crippen LogP contribution in [0.5, 0.6) is 11.5 Å². The second-order valence-electron chi connectivity index (χ2n) is 6.79. The minimum absolute atomic E-state index is 0.258. The second kappa shape index (κ2) is 9.30. The molecule has 1 aliphatic heterocycles. The zero-order valence-corrected chi connectivity index (χ0v) is 16.8. The number of ether oxygens (including phenoxy) is 2. The molecule has 2 N–H and O–H groups in total. The molecule has 4 rings (SSSR count). The van der Waals surface area contributed by atoms with Crippen LogP contribution in [0.2, 0.25) is 0 Å². The summed E-state index contributed by atoms with van der Waals surface area (Å²) in [6, 6.07) is 14.1. The predicted molar refractivity (Wildman–Crippen MR) is 113 cm³/mol. The number of nitrogens with one attached hydrogen (secondary N) is 2. The van der Waals surface area contributed by atoms with Gasteiger partial charge < -0.3 is 20.1 Å². The lowest BCUT2D eigenvalue weighted by Crippen LogP contribution is -2.38. The van der Waals surface area contributed by atoms with Crippen molar-refractivity contribution >= 4 is 5.96 Å². The molecule has 30 heavy (non-hydrogen) atoms. The number of nitrogens with zero attached hydrogens (tertiary/aromatic N) is 3. The maximum Gasteiger partial charge on any atom is 0.231 e. The van der Waals surface area contributed by atoms with Gasteiger partial charge in [-0.05, 0) is 55.0 Å². The van der Waals surface area contributed by atoms with E-state index in [1.165, 1.54) is 12.1 Å². The van der Waals surface area contributed by atoms with Crippen LogP contribution in [0.1, 0.15) is 18.2 Å². The summed E-state index contributed by atoms with van der Waals surface area (Å²) >= 11 is 0. The molecule has 0 atom stereocenters. The molecule has 1 aliphatic rings. The van der Waals surface area contributed by atoms with E-state index in [9.17, 15) is 4.39 Å². The Bertz CT molecular complexity index is 1020. The van der Waals surface area contributed by atoms with Gasteiger partial charge in [0.25, 0.3) is 0 Å². The molecule has 7 nitrogen and oxygen atoms in total. The molecule has 0 spiro atoms. The SMILES string of the molecule is CCNC(=NCc1ccc2c(c1)OCO2)NCCc1ccn(-c2ccc(F)cc2)n1. The fourth-order valence-corrected chi connectivity index (χ4v) is 3.09.